The van der Waals surface area contributed by atoms with E-state index in [4.69, 9.17) is 10.7 Å². The molecular weight excluding hydrogens is 410 g/mol. The normalized spacial score (nSPS) is 13.1. The molecule has 1 aliphatic rings. The Kier molecular flexibility index (Phi) is 5.60. The highest BCUT2D eigenvalue weighted by atomic mass is 16.2. The summed E-state index contributed by atoms with van der Waals surface area (Å²) in [7, 11) is 0. The van der Waals surface area contributed by atoms with Gasteiger partial charge in [-0.2, -0.15) is 0 Å². The van der Waals surface area contributed by atoms with Gasteiger partial charge >= 0.3 is 0 Å². The minimum Gasteiger partial charge on any atom is -0.398 e. The Balaban J connectivity index is 1.56. The zero-order chi connectivity index (χ0) is 22.9. The summed E-state index contributed by atoms with van der Waals surface area (Å²) in [4.78, 5) is 21.2. The van der Waals surface area contributed by atoms with Gasteiger partial charge in [0.15, 0.2) is 0 Å². The lowest BCUT2D eigenvalue weighted by Gasteiger charge is -2.21. The fourth-order valence-electron chi connectivity index (χ4n) is 4.70. The number of amides is 1. The van der Waals surface area contributed by atoms with Crippen LogP contribution < -0.4 is 10.6 Å². The van der Waals surface area contributed by atoms with Gasteiger partial charge in [0.05, 0.1) is 11.4 Å². The molecule has 6 nitrogen and oxygen atoms in total. The van der Waals surface area contributed by atoms with E-state index in [0.717, 1.165) is 60.9 Å². The lowest BCUT2D eigenvalue weighted by molar-refractivity contribution is -0.116. The second-order valence-electron chi connectivity index (χ2n) is 8.65. The molecule has 0 saturated carbocycles. The molecule has 33 heavy (non-hydrogen) atoms. The predicted molar refractivity (Wildman–Crippen MR) is 133 cm³/mol. The fraction of sp³-hybridized carbons (Fsp3) is 0.259. The van der Waals surface area contributed by atoms with Gasteiger partial charge in [-0.05, 0) is 48.4 Å². The minimum atomic E-state index is 0.0879. The van der Waals surface area contributed by atoms with E-state index in [2.05, 4.69) is 58.7 Å². The molecule has 2 N–H and O–H groups in total. The van der Waals surface area contributed by atoms with Crippen LogP contribution in [0.15, 0.2) is 66.9 Å². The first kappa shape index (κ1) is 21.2. The van der Waals surface area contributed by atoms with Gasteiger partial charge in [0, 0.05) is 49.7 Å². The van der Waals surface area contributed by atoms with E-state index in [1.165, 1.54) is 11.1 Å². The van der Waals surface area contributed by atoms with E-state index < -0.39 is 0 Å². The van der Waals surface area contributed by atoms with Crippen LogP contribution in [0, 0.1) is 0 Å². The first-order valence-corrected chi connectivity index (χ1v) is 11.5. The van der Waals surface area contributed by atoms with Crippen molar-refractivity contribution in [2.24, 2.45) is 0 Å². The molecule has 6 heteroatoms. The van der Waals surface area contributed by atoms with Crippen molar-refractivity contribution in [1.82, 2.24) is 14.3 Å². The van der Waals surface area contributed by atoms with E-state index in [0.29, 0.717) is 5.69 Å². The lowest BCUT2D eigenvalue weighted by atomic mass is 10.0. The van der Waals surface area contributed by atoms with E-state index in [-0.39, 0.29) is 5.91 Å². The molecule has 2 aromatic heterocycles. The van der Waals surface area contributed by atoms with E-state index >= 15 is 0 Å². The third-order valence-electron chi connectivity index (χ3n) is 6.44. The van der Waals surface area contributed by atoms with Crippen LogP contribution >= 0.6 is 0 Å². The molecule has 1 aliphatic heterocycles. The highest BCUT2D eigenvalue weighted by Gasteiger charge is 2.24. The summed E-state index contributed by atoms with van der Waals surface area (Å²) in [6.45, 7) is 7.09. The van der Waals surface area contributed by atoms with Crippen molar-refractivity contribution < 1.29 is 4.79 Å². The van der Waals surface area contributed by atoms with Gasteiger partial charge in [0.1, 0.15) is 5.65 Å². The standard InChI is InChI=1S/C27H29N5O/c1-3-30(16-20-7-5-4-6-8-20)18-25-27(29-26-12-10-23(28)17-32(25)26)22-9-11-24-21(15-22)13-14-31(24)19(2)33/h4-12,15,17H,3,13-14,16,18,28H2,1-2H3. The number of anilines is 2. The number of nitrogen functional groups attached to an aromatic ring is 1. The van der Waals surface area contributed by atoms with Gasteiger partial charge in [-0.1, -0.05) is 43.3 Å². The summed E-state index contributed by atoms with van der Waals surface area (Å²) in [5.74, 6) is 0.0879. The van der Waals surface area contributed by atoms with Crippen molar-refractivity contribution in [3.8, 4) is 11.3 Å². The Morgan fingerprint density at radius 2 is 1.91 bits per heavy atom. The number of nitrogens with two attached hydrogens (primary N) is 1. The van der Waals surface area contributed by atoms with Gasteiger partial charge in [0.2, 0.25) is 5.91 Å². The summed E-state index contributed by atoms with van der Waals surface area (Å²) >= 11 is 0. The van der Waals surface area contributed by atoms with Gasteiger partial charge in [-0.25, -0.2) is 4.98 Å². The molecule has 0 unspecified atom stereocenters. The van der Waals surface area contributed by atoms with E-state index in [9.17, 15) is 4.79 Å². The van der Waals surface area contributed by atoms with Crippen molar-refractivity contribution in [2.75, 3.05) is 23.7 Å². The van der Waals surface area contributed by atoms with Crippen molar-refractivity contribution in [3.05, 3.63) is 83.7 Å². The zero-order valence-corrected chi connectivity index (χ0v) is 19.2. The Morgan fingerprint density at radius 1 is 1.09 bits per heavy atom. The molecule has 3 heterocycles. The Labute approximate surface area is 194 Å². The number of imidazole rings is 1. The van der Waals surface area contributed by atoms with Crippen LogP contribution in [0.3, 0.4) is 0 Å². The highest BCUT2D eigenvalue weighted by molar-refractivity contribution is 5.94. The molecular formula is C27H29N5O. The van der Waals surface area contributed by atoms with Crippen molar-refractivity contribution >= 4 is 22.9 Å². The molecule has 4 aromatic rings. The molecule has 0 saturated heterocycles. The molecule has 0 spiro atoms. The van der Waals surface area contributed by atoms with Crippen molar-refractivity contribution in [3.63, 3.8) is 0 Å². The maximum Gasteiger partial charge on any atom is 0.223 e. The zero-order valence-electron chi connectivity index (χ0n) is 19.2. The molecule has 0 atom stereocenters. The Morgan fingerprint density at radius 3 is 2.67 bits per heavy atom. The molecule has 168 valence electrons. The molecule has 0 bridgehead atoms. The Hall–Kier alpha value is -3.64. The highest BCUT2D eigenvalue weighted by Crippen LogP contribution is 2.34. The average molecular weight is 440 g/mol. The molecule has 1 amide bonds. The maximum atomic E-state index is 12.0. The van der Waals surface area contributed by atoms with Gasteiger partial charge in [-0.3, -0.25) is 9.69 Å². The number of hydrogen-bond donors (Lipinski definition) is 1. The number of carbonyl (C=O) groups excluding carboxylic acids is 1. The number of fused-ring (bicyclic) bond motifs is 2. The number of nitrogens with zero attached hydrogens (tertiary/aromatic N) is 4. The Bertz CT molecular complexity index is 1310. The summed E-state index contributed by atoms with van der Waals surface area (Å²) in [5, 5.41) is 0. The van der Waals surface area contributed by atoms with Gasteiger partial charge < -0.3 is 15.0 Å². The largest absolute Gasteiger partial charge is 0.398 e. The first-order valence-electron chi connectivity index (χ1n) is 11.5. The monoisotopic (exact) mass is 439 g/mol. The van der Waals surface area contributed by atoms with Crippen LogP contribution in [0.5, 0.6) is 0 Å². The summed E-state index contributed by atoms with van der Waals surface area (Å²) in [6.07, 6.45) is 2.83. The fourth-order valence-corrected chi connectivity index (χ4v) is 4.70. The number of aromatic nitrogens is 2. The number of rotatable bonds is 6. The average Bonchev–Trinajstić information content (AvgIpc) is 3.40. The SMILES string of the molecule is CCN(Cc1ccccc1)Cc1c(-c2ccc3c(c2)CCN3C(C)=O)nc2ccc(N)cn12. The number of pyridine rings is 1. The van der Waals surface area contributed by atoms with E-state index in [1.807, 2.05) is 29.3 Å². The van der Waals surface area contributed by atoms with Gasteiger partial charge in [-0.15, -0.1) is 0 Å². The van der Waals surface area contributed by atoms with Gasteiger partial charge in [0.25, 0.3) is 0 Å². The second-order valence-corrected chi connectivity index (χ2v) is 8.65. The summed E-state index contributed by atoms with van der Waals surface area (Å²) in [6, 6.07) is 20.7. The molecule has 2 aromatic carbocycles. The quantitative estimate of drug-likeness (QED) is 0.480. The summed E-state index contributed by atoms with van der Waals surface area (Å²) in [5.41, 5.74) is 14.4. The molecule has 0 aliphatic carbocycles. The number of benzene rings is 2. The molecule has 0 radical (unpaired) electrons. The van der Waals surface area contributed by atoms with Crippen LogP contribution in [0.4, 0.5) is 11.4 Å². The minimum absolute atomic E-state index is 0.0879. The van der Waals surface area contributed by atoms with Crippen LogP contribution in [-0.2, 0) is 24.3 Å². The van der Waals surface area contributed by atoms with Crippen LogP contribution in [-0.4, -0.2) is 33.3 Å². The van der Waals surface area contributed by atoms with Crippen molar-refractivity contribution in [2.45, 2.75) is 33.4 Å². The predicted octanol–water partition coefficient (Wildman–Crippen LogP) is 4.51. The van der Waals surface area contributed by atoms with Crippen LogP contribution in [0.2, 0.25) is 0 Å². The molecule has 5 rings (SSSR count). The smallest absolute Gasteiger partial charge is 0.223 e. The lowest BCUT2D eigenvalue weighted by Crippen LogP contribution is -2.25. The number of hydrogen-bond acceptors (Lipinski definition) is 4. The van der Waals surface area contributed by atoms with E-state index in [1.54, 1.807) is 6.92 Å². The summed E-state index contributed by atoms with van der Waals surface area (Å²) < 4.78 is 2.12. The van der Waals surface area contributed by atoms with Crippen molar-refractivity contribution in [1.29, 1.82) is 0 Å². The first-order chi connectivity index (χ1) is 16.0. The third kappa shape index (κ3) is 4.10. The topological polar surface area (TPSA) is 66.9 Å². The molecule has 0 fully saturated rings. The van der Waals surface area contributed by atoms with Crippen LogP contribution in [0.25, 0.3) is 16.9 Å². The maximum absolute atomic E-state index is 12.0. The number of carbonyl (C=O) groups is 1. The second kappa shape index (κ2) is 8.71. The van der Waals surface area contributed by atoms with Crippen LogP contribution in [0.1, 0.15) is 30.7 Å². The third-order valence-corrected chi connectivity index (χ3v) is 6.44.